The van der Waals surface area contributed by atoms with Crippen molar-refractivity contribution in [1.29, 1.82) is 0 Å². The van der Waals surface area contributed by atoms with Crippen LogP contribution < -0.4 is 14.9 Å². The summed E-state index contributed by atoms with van der Waals surface area (Å²) in [5, 5.41) is 4.30. The van der Waals surface area contributed by atoms with Gasteiger partial charge in [-0.05, 0) is 49.1 Å². The molecule has 0 radical (unpaired) electrons. The number of benzene rings is 1. The third kappa shape index (κ3) is 3.51. The fourth-order valence-electron chi connectivity index (χ4n) is 3.26. The lowest BCUT2D eigenvalue weighted by molar-refractivity contribution is 0.0925. The van der Waals surface area contributed by atoms with E-state index in [1.807, 2.05) is 0 Å². The molecule has 152 valence electrons. The van der Waals surface area contributed by atoms with Crippen molar-refractivity contribution < 1.29 is 18.6 Å². The summed E-state index contributed by atoms with van der Waals surface area (Å²) in [6.45, 7) is 3.37. The van der Waals surface area contributed by atoms with Gasteiger partial charge in [-0.1, -0.05) is 18.2 Å². The van der Waals surface area contributed by atoms with E-state index >= 15 is 0 Å². The second kappa shape index (κ2) is 7.81. The number of hydrogen-bond donors (Lipinski definition) is 2. The second-order valence-electron chi connectivity index (χ2n) is 6.51. The molecule has 0 aliphatic carbocycles. The number of aromatic nitrogens is 1. The number of fused-ring (bicyclic) bond motifs is 1. The van der Waals surface area contributed by atoms with E-state index < -0.39 is 28.8 Å². The van der Waals surface area contributed by atoms with E-state index in [4.69, 9.17) is 0 Å². The number of hydrogen-bond acceptors (Lipinski definition) is 6. The fraction of sp³-hybridized carbons (Fsp3) is 0.100. The number of carbonyl (C=O) groups excluding carboxylic acids is 3. The van der Waals surface area contributed by atoms with Crippen LogP contribution in [0.15, 0.2) is 52.1 Å². The van der Waals surface area contributed by atoms with Gasteiger partial charge in [0.15, 0.2) is 11.0 Å². The van der Waals surface area contributed by atoms with E-state index in [0.29, 0.717) is 32.3 Å². The van der Waals surface area contributed by atoms with Crippen LogP contribution in [0.3, 0.4) is 0 Å². The minimum atomic E-state index is -1.67. The van der Waals surface area contributed by atoms with Crippen LogP contribution in [0.1, 0.15) is 32.0 Å². The van der Waals surface area contributed by atoms with E-state index in [1.54, 1.807) is 61.7 Å². The van der Waals surface area contributed by atoms with Crippen LogP contribution in [0.25, 0.3) is 0 Å². The highest BCUT2D eigenvalue weighted by atomic mass is 32.2. The Morgan fingerprint density at radius 2 is 1.73 bits per heavy atom. The molecular weight excluding hydrogens is 424 g/mol. The monoisotopic (exact) mass is 440 g/mol. The number of amides is 4. The SMILES string of the molecule is Cc1cc(NC(=O)NS(=O)c2cccs2)nc(C)c1N1C(=O)c2ccccc2C1=O. The predicted molar refractivity (Wildman–Crippen MR) is 114 cm³/mol. The molecule has 8 nitrogen and oxygen atoms in total. The van der Waals surface area contributed by atoms with Gasteiger partial charge in [-0.3, -0.25) is 19.6 Å². The summed E-state index contributed by atoms with van der Waals surface area (Å²) < 4.78 is 15.0. The van der Waals surface area contributed by atoms with Gasteiger partial charge in [0, 0.05) is 0 Å². The summed E-state index contributed by atoms with van der Waals surface area (Å²) in [6, 6.07) is 10.9. The van der Waals surface area contributed by atoms with Crippen LogP contribution in [-0.4, -0.2) is 27.0 Å². The van der Waals surface area contributed by atoms with Gasteiger partial charge >= 0.3 is 6.03 Å². The largest absolute Gasteiger partial charge is 0.332 e. The first-order chi connectivity index (χ1) is 14.4. The van der Waals surface area contributed by atoms with Crippen LogP contribution in [0.5, 0.6) is 0 Å². The number of nitrogens with zero attached hydrogens (tertiary/aromatic N) is 2. The Morgan fingerprint density at radius 3 is 2.30 bits per heavy atom. The summed E-state index contributed by atoms with van der Waals surface area (Å²) in [7, 11) is -1.67. The molecule has 1 unspecified atom stereocenters. The maximum Gasteiger partial charge on any atom is 0.332 e. The first-order valence-electron chi connectivity index (χ1n) is 8.86. The van der Waals surface area contributed by atoms with Crippen molar-refractivity contribution in [2.75, 3.05) is 10.2 Å². The molecule has 1 aliphatic heterocycles. The van der Waals surface area contributed by atoms with Crippen molar-refractivity contribution in [3.63, 3.8) is 0 Å². The number of anilines is 2. The van der Waals surface area contributed by atoms with Crippen LogP contribution in [0.2, 0.25) is 0 Å². The number of imide groups is 1. The first kappa shape index (κ1) is 19.9. The standard InChI is InChI=1S/C20H16N4O4S2/c1-11-10-15(22-20(27)23-30(28)16-8-5-9-29-16)21-12(2)17(11)24-18(25)13-6-3-4-7-14(13)19(24)26/h3-10H,1-2H3,(H2,21,22,23,27). The second-order valence-corrected chi connectivity index (χ2v) is 8.89. The lowest BCUT2D eigenvalue weighted by Crippen LogP contribution is -2.32. The number of urea groups is 1. The predicted octanol–water partition coefficient (Wildman–Crippen LogP) is 3.40. The van der Waals surface area contributed by atoms with E-state index in [0.717, 1.165) is 4.90 Å². The van der Waals surface area contributed by atoms with Crippen molar-refractivity contribution in [3.05, 3.63) is 70.2 Å². The average molecular weight is 441 g/mol. The molecule has 2 N–H and O–H groups in total. The number of carbonyl (C=O) groups is 3. The smallest absolute Gasteiger partial charge is 0.292 e. The van der Waals surface area contributed by atoms with Gasteiger partial charge in [-0.15, -0.1) is 11.3 Å². The molecule has 3 aromatic rings. The lowest BCUT2D eigenvalue weighted by atomic mass is 10.1. The zero-order chi connectivity index (χ0) is 21.4. The van der Waals surface area contributed by atoms with Gasteiger partial charge in [0.05, 0.1) is 22.5 Å². The molecule has 10 heteroatoms. The van der Waals surface area contributed by atoms with E-state index in [2.05, 4.69) is 15.0 Å². The van der Waals surface area contributed by atoms with Gasteiger partial charge in [-0.2, -0.15) is 0 Å². The van der Waals surface area contributed by atoms with E-state index in [-0.39, 0.29) is 5.82 Å². The highest BCUT2D eigenvalue weighted by molar-refractivity contribution is 7.86. The number of nitrogens with one attached hydrogen (secondary N) is 2. The number of thiophene rings is 1. The highest BCUT2D eigenvalue weighted by Crippen LogP contribution is 2.33. The Kier molecular flexibility index (Phi) is 5.18. The molecule has 1 atom stereocenters. The molecule has 4 amide bonds. The molecule has 0 bridgehead atoms. The summed E-state index contributed by atoms with van der Waals surface area (Å²) in [5.74, 6) is -0.604. The third-order valence-electron chi connectivity index (χ3n) is 4.48. The topological polar surface area (TPSA) is 108 Å². The molecule has 0 fully saturated rings. The molecule has 0 saturated heterocycles. The average Bonchev–Trinajstić information content (AvgIpc) is 3.31. The van der Waals surface area contributed by atoms with Gasteiger partial charge in [0.2, 0.25) is 0 Å². The number of aryl methyl sites for hydroxylation is 2. The maximum absolute atomic E-state index is 12.8. The summed E-state index contributed by atoms with van der Waals surface area (Å²) in [4.78, 5) is 43.1. The van der Waals surface area contributed by atoms with Gasteiger partial charge in [0.25, 0.3) is 11.8 Å². The fourth-order valence-corrected chi connectivity index (χ4v) is 4.88. The molecule has 1 aromatic carbocycles. The molecule has 4 rings (SSSR count). The van der Waals surface area contributed by atoms with Gasteiger partial charge in [0.1, 0.15) is 10.0 Å². The molecule has 1 aliphatic rings. The lowest BCUT2D eigenvalue weighted by Gasteiger charge is -2.19. The van der Waals surface area contributed by atoms with E-state index in [1.165, 1.54) is 11.3 Å². The Labute approximate surface area is 178 Å². The van der Waals surface area contributed by atoms with Crippen molar-refractivity contribution in [3.8, 4) is 0 Å². The zero-order valence-electron chi connectivity index (χ0n) is 16.0. The molecule has 0 spiro atoms. The van der Waals surface area contributed by atoms with E-state index in [9.17, 15) is 18.6 Å². The maximum atomic E-state index is 12.8. The Bertz CT molecular complexity index is 1150. The van der Waals surface area contributed by atoms with Crippen molar-refractivity contribution >= 4 is 51.7 Å². The normalized spacial score (nSPS) is 13.9. The number of rotatable bonds is 4. The van der Waals surface area contributed by atoms with Crippen LogP contribution in [0.4, 0.5) is 16.3 Å². The quantitative estimate of drug-likeness (QED) is 0.605. The van der Waals surface area contributed by atoms with Crippen LogP contribution in [0, 0.1) is 13.8 Å². The van der Waals surface area contributed by atoms with Crippen molar-refractivity contribution in [2.24, 2.45) is 0 Å². The molecule has 3 heterocycles. The molecular formula is C20H16N4O4S2. The Hall–Kier alpha value is -3.37. The minimum Gasteiger partial charge on any atom is -0.292 e. The van der Waals surface area contributed by atoms with Crippen LogP contribution in [-0.2, 0) is 11.0 Å². The molecule has 30 heavy (non-hydrogen) atoms. The highest BCUT2D eigenvalue weighted by Gasteiger charge is 2.38. The van der Waals surface area contributed by atoms with Gasteiger partial charge in [-0.25, -0.2) is 18.9 Å². The summed E-state index contributed by atoms with van der Waals surface area (Å²) in [6.07, 6.45) is 0. The molecule has 0 saturated carbocycles. The molecule has 2 aromatic heterocycles. The summed E-state index contributed by atoms with van der Waals surface area (Å²) in [5.41, 5.74) is 2.07. The zero-order valence-corrected chi connectivity index (χ0v) is 17.6. The Morgan fingerprint density at radius 1 is 1.07 bits per heavy atom. The summed E-state index contributed by atoms with van der Waals surface area (Å²) >= 11 is 1.27. The van der Waals surface area contributed by atoms with Crippen molar-refractivity contribution in [1.82, 2.24) is 9.71 Å². The Balaban J connectivity index is 1.56. The van der Waals surface area contributed by atoms with Crippen LogP contribution >= 0.6 is 11.3 Å². The third-order valence-corrected chi connectivity index (χ3v) is 6.76. The number of pyridine rings is 1. The minimum absolute atomic E-state index is 0.214. The van der Waals surface area contributed by atoms with Gasteiger partial charge < -0.3 is 0 Å². The van der Waals surface area contributed by atoms with Crippen molar-refractivity contribution in [2.45, 2.75) is 18.1 Å². The first-order valence-corrected chi connectivity index (χ1v) is 10.9.